The smallest absolute Gasteiger partial charge is 0.234 e. The van der Waals surface area contributed by atoms with Crippen LogP contribution in [-0.4, -0.2) is 38.9 Å². The minimum atomic E-state index is -0.229. The summed E-state index contributed by atoms with van der Waals surface area (Å²) in [7, 11) is 0. The summed E-state index contributed by atoms with van der Waals surface area (Å²) in [6.45, 7) is 8.51. The first-order valence-electron chi connectivity index (χ1n) is 10.6. The van der Waals surface area contributed by atoms with Gasteiger partial charge in [-0.3, -0.25) is 9.59 Å². The van der Waals surface area contributed by atoms with Gasteiger partial charge in [-0.1, -0.05) is 35.5 Å². The third-order valence-electron chi connectivity index (χ3n) is 4.75. The van der Waals surface area contributed by atoms with Crippen molar-refractivity contribution < 1.29 is 14.3 Å². The van der Waals surface area contributed by atoms with Crippen molar-refractivity contribution >= 4 is 46.6 Å². The second kappa shape index (κ2) is 12.2. The van der Waals surface area contributed by atoms with Gasteiger partial charge in [0.15, 0.2) is 5.16 Å². The molecule has 0 spiro atoms. The zero-order valence-electron chi connectivity index (χ0n) is 19.0. The van der Waals surface area contributed by atoms with Gasteiger partial charge in [-0.15, -0.1) is 16.8 Å². The molecule has 0 fully saturated rings. The Morgan fingerprint density at radius 2 is 1.91 bits per heavy atom. The largest absolute Gasteiger partial charge is 0.494 e. The molecule has 0 aliphatic heterocycles. The number of benzene rings is 2. The molecule has 1 aromatic heterocycles. The second-order valence-electron chi connectivity index (χ2n) is 7.23. The predicted molar refractivity (Wildman–Crippen MR) is 136 cm³/mol. The van der Waals surface area contributed by atoms with E-state index in [4.69, 9.17) is 16.3 Å². The second-order valence-corrected chi connectivity index (χ2v) is 8.58. The summed E-state index contributed by atoms with van der Waals surface area (Å²) < 4.78 is 7.18. The summed E-state index contributed by atoms with van der Waals surface area (Å²) in [5.41, 5.74) is 2.13. The molecule has 2 N–H and O–H groups in total. The molecule has 0 aliphatic carbocycles. The number of halogens is 1. The number of carbonyl (C=O) groups excluding carboxylic acids is 2. The molecule has 0 aliphatic rings. The number of amides is 2. The lowest BCUT2D eigenvalue weighted by Crippen LogP contribution is -2.18. The molecule has 2 aromatic carbocycles. The van der Waals surface area contributed by atoms with E-state index >= 15 is 0 Å². The molecule has 3 rings (SSSR count). The molecule has 1 heterocycles. The third-order valence-corrected chi connectivity index (χ3v) is 6.12. The minimum absolute atomic E-state index is 0.0303. The molecule has 0 saturated carbocycles. The zero-order chi connectivity index (χ0) is 24.5. The van der Waals surface area contributed by atoms with Gasteiger partial charge in [0.05, 0.1) is 18.8 Å². The number of aromatic nitrogens is 3. The van der Waals surface area contributed by atoms with Crippen LogP contribution in [0.3, 0.4) is 0 Å². The number of allylic oxidation sites excluding steroid dienone is 1. The first-order chi connectivity index (χ1) is 16.4. The molecule has 8 nitrogen and oxygen atoms in total. The third kappa shape index (κ3) is 6.85. The first-order valence-corrected chi connectivity index (χ1v) is 12.0. The molecule has 0 atom stereocenters. The van der Waals surface area contributed by atoms with Crippen molar-refractivity contribution in [2.45, 2.75) is 32.0 Å². The van der Waals surface area contributed by atoms with Gasteiger partial charge in [0, 0.05) is 22.9 Å². The fourth-order valence-corrected chi connectivity index (χ4v) is 4.02. The molecule has 0 saturated heterocycles. The number of thioether (sulfide) groups is 1. The van der Waals surface area contributed by atoms with E-state index in [9.17, 15) is 9.59 Å². The highest BCUT2D eigenvalue weighted by Gasteiger charge is 2.17. The molecule has 0 unspecified atom stereocenters. The number of nitrogens with one attached hydrogen (secondary N) is 2. The van der Waals surface area contributed by atoms with Crippen molar-refractivity contribution in [2.24, 2.45) is 0 Å². The number of hydrogen-bond donors (Lipinski definition) is 2. The lowest BCUT2D eigenvalue weighted by molar-refractivity contribution is -0.116. The average molecular weight is 500 g/mol. The number of nitrogens with zero attached hydrogens (tertiary/aromatic N) is 3. The van der Waals surface area contributed by atoms with Crippen LogP contribution in [-0.2, 0) is 22.6 Å². The van der Waals surface area contributed by atoms with E-state index in [0.717, 1.165) is 11.3 Å². The Morgan fingerprint density at radius 1 is 1.15 bits per heavy atom. The number of rotatable bonds is 11. The molecule has 178 valence electrons. The van der Waals surface area contributed by atoms with Crippen LogP contribution in [0.4, 0.5) is 11.4 Å². The van der Waals surface area contributed by atoms with E-state index in [1.165, 1.54) is 11.8 Å². The van der Waals surface area contributed by atoms with Crippen LogP contribution in [0.2, 0.25) is 5.02 Å². The molecular weight excluding hydrogens is 474 g/mol. The Hall–Kier alpha value is -3.30. The lowest BCUT2D eigenvalue weighted by atomic mass is 10.2. The highest BCUT2D eigenvalue weighted by molar-refractivity contribution is 7.99. The summed E-state index contributed by atoms with van der Waals surface area (Å²) in [5, 5.41) is 15.1. The summed E-state index contributed by atoms with van der Waals surface area (Å²) in [4.78, 5) is 25.0. The van der Waals surface area contributed by atoms with Crippen LogP contribution in [0.15, 0.2) is 60.3 Å². The molecule has 0 bridgehead atoms. The zero-order valence-corrected chi connectivity index (χ0v) is 20.6. The maximum Gasteiger partial charge on any atom is 0.234 e. The number of carbonyl (C=O) groups is 2. The van der Waals surface area contributed by atoms with Crippen LogP contribution in [0, 0.1) is 6.92 Å². The van der Waals surface area contributed by atoms with Gasteiger partial charge in [-0.25, -0.2) is 0 Å². The summed E-state index contributed by atoms with van der Waals surface area (Å²) in [6.07, 6.45) is 1.72. The monoisotopic (exact) mass is 499 g/mol. The van der Waals surface area contributed by atoms with E-state index in [-0.39, 0.29) is 24.0 Å². The maximum absolute atomic E-state index is 12.6. The molecule has 0 radical (unpaired) electrons. The number of anilines is 2. The van der Waals surface area contributed by atoms with Crippen molar-refractivity contribution in [3.05, 3.63) is 71.5 Å². The first kappa shape index (κ1) is 25.3. The lowest BCUT2D eigenvalue weighted by Gasteiger charge is -2.10. The van der Waals surface area contributed by atoms with Crippen molar-refractivity contribution in [3.8, 4) is 5.75 Å². The molecule has 10 heteroatoms. The van der Waals surface area contributed by atoms with Gasteiger partial charge in [0.1, 0.15) is 11.6 Å². The van der Waals surface area contributed by atoms with Crippen molar-refractivity contribution in [1.29, 1.82) is 0 Å². The van der Waals surface area contributed by atoms with Gasteiger partial charge in [-0.2, -0.15) is 0 Å². The maximum atomic E-state index is 12.6. The summed E-state index contributed by atoms with van der Waals surface area (Å²) >= 11 is 7.35. The normalized spacial score (nSPS) is 10.6. The SMILES string of the molecule is C=CCn1c(CC(=O)Nc2ccc(OCC)cc2)nnc1SCC(=O)Nc1cccc(Cl)c1C. The summed E-state index contributed by atoms with van der Waals surface area (Å²) in [6, 6.07) is 12.5. The Bertz CT molecular complexity index is 1160. The number of hydrogen-bond acceptors (Lipinski definition) is 6. The van der Waals surface area contributed by atoms with E-state index in [2.05, 4.69) is 27.4 Å². The standard InChI is InChI=1S/C24H26ClN5O3S/c1-4-13-30-21(14-22(31)26-17-9-11-18(12-10-17)33-5-2)28-29-24(30)34-15-23(32)27-20-8-6-7-19(25)16(20)3/h4,6-12H,1,5,13-15H2,2-3H3,(H,26,31)(H,27,32). The van der Waals surface area contributed by atoms with Gasteiger partial charge in [0.25, 0.3) is 0 Å². The highest BCUT2D eigenvalue weighted by atomic mass is 35.5. The van der Waals surface area contributed by atoms with Crippen LogP contribution in [0.1, 0.15) is 18.3 Å². The highest BCUT2D eigenvalue weighted by Crippen LogP contribution is 2.24. The Morgan fingerprint density at radius 3 is 2.62 bits per heavy atom. The Balaban J connectivity index is 1.60. The van der Waals surface area contributed by atoms with Crippen LogP contribution < -0.4 is 15.4 Å². The molecule has 2 amide bonds. The van der Waals surface area contributed by atoms with Gasteiger partial charge >= 0.3 is 0 Å². The molecule has 3 aromatic rings. The van der Waals surface area contributed by atoms with Gasteiger partial charge < -0.3 is 19.9 Å². The van der Waals surface area contributed by atoms with E-state index in [1.54, 1.807) is 53.1 Å². The summed E-state index contributed by atoms with van der Waals surface area (Å²) in [5.74, 6) is 0.921. The fraction of sp³-hybridized carbons (Fsp3) is 0.250. The van der Waals surface area contributed by atoms with Gasteiger partial charge in [-0.05, 0) is 55.8 Å². The fourth-order valence-electron chi connectivity index (χ4n) is 3.08. The van der Waals surface area contributed by atoms with Crippen LogP contribution in [0.5, 0.6) is 5.75 Å². The Kier molecular flexibility index (Phi) is 9.12. The van der Waals surface area contributed by atoms with Crippen molar-refractivity contribution in [1.82, 2.24) is 14.8 Å². The minimum Gasteiger partial charge on any atom is -0.494 e. The van der Waals surface area contributed by atoms with E-state index in [0.29, 0.717) is 40.5 Å². The van der Waals surface area contributed by atoms with Crippen LogP contribution in [0.25, 0.3) is 0 Å². The Labute approximate surface area is 207 Å². The van der Waals surface area contributed by atoms with Crippen molar-refractivity contribution in [3.63, 3.8) is 0 Å². The molecular formula is C24H26ClN5O3S. The van der Waals surface area contributed by atoms with Crippen LogP contribution >= 0.6 is 23.4 Å². The molecule has 34 heavy (non-hydrogen) atoms. The topological polar surface area (TPSA) is 98.1 Å². The van der Waals surface area contributed by atoms with E-state index in [1.807, 2.05) is 13.8 Å². The van der Waals surface area contributed by atoms with Gasteiger partial charge in [0.2, 0.25) is 11.8 Å². The predicted octanol–water partition coefficient (Wildman–Crippen LogP) is 4.74. The average Bonchev–Trinajstić information content (AvgIpc) is 3.18. The van der Waals surface area contributed by atoms with E-state index < -0.39 is 0 Å². The van der Waals surface area contributed by atoms with Crippen molar-refractivity contribution in [2.75, 3.05) is 23.0 Å². The quantitative estimate of drug-likeness (QED) is 0.292. The number of ether oxygens (including phenoxy) is 1.